The highest BCUT2D eigenvalue weighted by molar-refractivity contribution is 7.17. The third kappa shape index (κ3) is 4.47. The molecule has 1 N–H and O–H groups in total. The fraction of sp³-hybridized carbons (Fsp3) is 0.174. The van der Waals surface area contributed by atoms with Crippen molar-refractivity contribution in [2.75, 3.05) is 12.5 Å². The Kier molecular flexibility index (Phi) is 6.06. The van der Waals surface area contributed by atoms with E-state index < -0.39 is 5.97 Å². The van der Waals surface area contributed by atoms with Gasteiger partial charge in [-0.15, -0.1) is 0 Å². The summed E-state index contributed by atoms with van der Waals surface area (Å²) in [6.07, 6.45) is 0.899. The molecule has 2 heterocycles. The number of esters is 1. The van der Waals surface area contributed by atoms with E-state index in [2.05, 4.69) is 28.5 Å². The van der Waals surface area contributed by atoms with Crippen molar-refractivity contribution in [2.45, 2.75) is 20.3 Å². The number of aryl methyl sites for hydroxylation is 2. The lowest BCUT2D eigenvalue weighted by Crippen LogP contribution is -2.08. The van der Waals surface area contributed by atoms with Crippen LogP contribution in [0.25, 0.3) is 22.3 Å². The summed E-state index contributed by atoms with van der Waals surface area (Å²) in [6.45, 7) is 3.86. The van der Waals surface area contributed by atoms with Crippen molar-refractivity contribution in [3.8, 4) is 11.3 Å². The van der Waals surface area contributed by atoms with E-state index in [0.717, 1.165) is 23.0 Å². The molecule has 8 heteroatoms. The molecule has 4 rings (SSSR count). The number of thiazole rings is 1. The summed E-state index contributed by atoms with van der Waals surface area (Å²) in [5.41, 5.74) is 6.36. The molecule has 6 nitrogen and oxygen atoms in total. The normalized spacial score (nSPS) is 11.7. The molecule has 0 unspecified atom stereocenters. The molecule has 0 saturated carbocycles. The number of ether oxygens (including phenoxy) is 1. The Morgan fingerprint density at radius 2 is 2.00 bits per heavy atom. The molecular weight excluding hydrogens is 434 g/mol. The highest BCUT2D eigenvalue weighted by atomic mass is 35.5. The molecular formula is C23H20ClN3O3S. The van der Waals surface area contributed by atoms with E-state index in [9.17, 15) is 4.79 Å². The molecule has 0 atom stereocenters. The van der Waals surface area contributed by atoms with Crippen molar-refractivity contribution in [1.82, 2.24) is 4.98 Å². The molecule has 158 valence electrons. The summed E-state index contributed by atoms with van der Waals surface area (Å²) in [7, 11) is 1.35. The van der Waals surface area contributed by atoms with Crippen LogP contribution in [0, 0.1) is 6.92 Å². The quantitative estimate of drug-likeness (QED) is 0.305. The minimum Gasteiger partial charge on any atom is -0.465 e. The van der Waals surface area contributed by atoms with Crippen LogP contribution in [0.1, 0.15) is 27.9 Å². The van der Waals surface area contributed by atoms with E-state index in [1.165, 1.54) is 24.0 Å². The molecule has 4 aromatic rings. The first-order chi connectivity index (χ1) is 15.0. The van der Waals surface area contributed by atoms with E-state index in [-0.39, 0.29) is 0 Å². The maximum Gasteiger partial charge on any atom is 0.350 e. The molecule has 2 aromatic carbocycles. The summed E-state index contributed by atoms with van der Waals surface area (Å²) >= 11 is 7.22. The molecule has 31 heavy (non-hydrogen) atoms. The number of hydrogen-bond donors (Lipinski definition) is 1. The monoisotopic (exact) mass is 453 g/mol. The zero-order chi connectivity index (χ0) is 22.0. The van der Waals surface area contributed by atoms with E-state index in [1.54, 1.807) is 6.92 Å². The summed E-state index contributed by atoms with van der Waals surface area (Å²) in [6, 6.07) is 15.4. The summed E-state index contributed by atoms with van der Waals surface area (Å²) in [5, 5.41) is 7.33. The van der Waals surface area contributed by atoms with Gasteiger partial charge in [0, 0.05) is 22.0 Å². The molecule has 2 aromatic heterocycles. The molecule has 0 aliphatic heterocycles. The SMILES string of the molecule is CCc1ccc2oc(-c3ccc(Cl)cc3)cc(=NNc3nc(C)c(C(=O)OC)s3)c2c1. The minimum atomic E-state index is -0.412. The summed E-state index contributed by atoms with van der Waals surface area (Å²) in [5.74, 6) is 0.254. The number of carbonyl (C=O) groups excluding carboxylic acids is 1. The smallest absolute Gasteiger partial charge is 0.350 e. The zero-order valence-corrected chi connectivity index (χ0v) is 18.8. The molecule has 0 amide bonds. The molecule has 0 aliphatic carbocycles. The van der Waals surface area contributed by atoms with Crippen LogP contribution in [0.4, 0.5) is 5.13 Å². The topological polar surface area (TPSA) is 76.7 Å². The van der Waals surface area contributed by atoms with Gasteiger partial charge < -0.3 is 9.15 Å². The second kappa shape index (κ2) is 8.91. The number of fused-ring (bicyclic) bond motifs is 1. The van der Waals surface area contributed by atoms with Gasteiger partial charge in [0.05, 0.1) is 18.2 Å². The third-order valence-electron chi connectivity index (χ3n) is 4.78. The molecule has 0 saturated heterocycles. The Balaban J connectivity index is 1.82. The first-order valence-corrected chi connectivity index (χ1v) is 10.9. The average molecular weight is 454 g/mol. The van der Waals surface area contributed by atoms with Gasteiger partial charge in [-0.3, -0.25) is 5.43 Å². The Morgan fingerprint density at radius 1 is 1.23 bits per heavy atom. The van der Waals surface area contributed by atoms with Gasteiger partial charge in [0.25, 0.3) is 0 Å². The highest BCUT2D eigenvalue weighted by Gasteiger charge is 2.15. The van der Waals surface area contributed by atoms with Crippen LogP contribution in [0.15, 0.2) is 58.0 Å². The number of carbonyl (C=O) groups is 1. The molecule has 0 spiro atoms. The Bertz CT molecular complexity index is 1330. The molecule has 0 bridgehead atoms. The Hall–Kier alpha value is -3.16. The lowest BCUT2D eigenvalue weighted by Gasteiger charge is -2.07. The number of benzene rings is 2. The minimum absolute atomic E-state index is 0.412. The van der Waals surface area contributed by atoms with Crippen LogP contribution < -0.4 is 10.8 Å². The van der Waals surface area contributed by atoms with Crippen molar-refractivity contribution in [1.29, 1.82) is 0 Å². The second-order valence-corrected chi connectivity index (χ2v) is 8.27. The van der Waals surface area contributed by atoms with Crippen LogP contribution in [0.5, 0.6) is 0 Å². The van der Waals surface area contributed by atoms with Gasteiger partial charge in [0.1, 0.15) is 16.2 Å². The number of halogens is 1. The van der Waals surface area contributed by atoms with Gasteiger partial charge in [-0.25, -0.2) is 9.78 Å². The molecule has 0 radical (unpaired) electrons. The first kappa shape index (κ1) is 21.1. The number of methoxy groups -OCH3 is 1. The molecule has 0 fully saturated rings. The highest BCUT2D eigenvalue weighted by Crippen LogP contribution is 2.25. The number of anilines is 1. The van der Waals surface area contributed by atoms with Crippen LogP contribution >= 0.6 is 22.9 Å². The first-order valence-electron chi connectivity index (χ1n) is 9.66. The Labute approximate surface area is 188 Å². The lowest BCUT2D eigenvalue weighted by molar-refractivity contribution is 0.0605. The largest absolute Gasteiger partial charge is 0.465 e. The number of nitrogens with zero attached hydrogens (tertiary/aromatic N) is 2. The standard InChI is InChI=1S/C23H20ClN3O3S/c1-4-14-5-10-19-17(11-14)18(12-20(30-19)15-6-8-16(24)9-7-15)26-27-23-25-13(2)21(31-23)22(28)29-3/h5-12H,4H2,1-3H3,(H,25,27). The van der Waals surface area contributed by atoms with Gasteiger partial charge in [0.2, 0.25) is 5.13 Å². The van der Waals surface area contributed by atoms with E-state index in [0.29, 0.717) is 31.8 Å². The van der Waals surface area contributed by atoms with Crippen LogP contribution in [0.3, 0.4) is 0 Å². The van der Waals surface area contributed by atoms with Crippen molar-refractivity contribution in [2.24, 2.45) is 5.10 Å². The lowest BCUT2D eigenvalue weighted by atomic mass is 10.1. The van der Waals surface area contributed by atoms with Crippen molar-refractivity contribution >= 4 is 45.0 Å². The zero-order valence-electron chi connectivity index (χ0n) is 17.2. The van der Waals surface area contributed by atoms with Gasteiger partial charge in [-0.05, 0) is 55.3 Å². The number of aromatic nitrogens is 1. The number of hydrogen-bond acceptors (Lipinski definition) is 7. The summed E-state index contributed by atoms with van der Waals surface area (Å²) in [4.78, 5) is 16.7. The predicted molar refractivity (Wildman–Crippen MR) is 123 cm³/mol. The van der Waals surface area contributed by atoms with E-state index >= 15 is 0 Å². The Morgan fingerprint density at radius 3 is 2.71 bits per heavy atom. The molecule has 0 aliphatic rings. The fourth-order valence-corrected chi connectivity index (χ4v) is 4.07. The third-order valence-corrected chi connectivity index (χ3v) is 6.08. The fourth-order valence-electron chi connectivity index (χ4n) is 3.12. The van der Waals surface area contributed by atoms with Gasteiger partial charge >= 0.3 is 5.97 Å². The van der Waals surface area contributed by atoms with Gasteiger partial charge in [-0.1, -0.05) is 35.9 Å². The van der Waals surface area contributed by atoms with Crippen molar-refractivity contribution in [3.05, 3.63) is 75.0 Å². The van der Waals surface area contributed by atoms with Crippen molar-refractivity contribution in [3.63, 3.8) is 0 Å². The summed E-state index contributed by atoms with van der Waals surface area (Å²) < 4.78 is 10.9. The second-order valence-electron chi connectivity index (χ2n) is 6.84. The van der Waals surface area contributed by atoms with Crippen LogP contribution in [-0.4, -0.2) is 18.1 Å². The van der Waals surface area contributed by atoms with E-state index in [1.807, 2.05) is 42.5 Å². The maximum atomic E-state index is 11.9. The van der Waals surface area contributed by atoms with E-state index in [4.69, 9.17) is 20.8 Å². The van der Waals surface area contributed by atoms with Crippen LogP contribution in [0.2, 0.25) is 5.02 Å². The van der Waals surface area contributed by atoms with Gasteiger partial charge in [0.15, 0.2) is 0 Å². The maximum absolute atomic E-state index is 11.9. The van der Waals surface area contributed by atoms with Crippen LogP contribution in [-0.2, 0) is 11.2 Å². The number of nitrogens with one attached hydrogen (secondary N) is 1. The van der Waals surface area contributed by atoms with Gasteiger partial charge in [-0.2, -0.15) is 5.10 Å². The average Bonchev–Trinajstić information content (AvgIpc) is 3.17. The van der Waals surface area contributed by atoms with Crippen molar-refractivity contribution < 1.29 is 13.9 Å². The number of rotatable bonds is 5. The predicted octanol–water partition coefficient (Wildman–Crippen LogP) is 5.79.